The van der Waals surface area contributed by atoms with Crippen molar-refractivity contribution in [2.45, 2.75) is 6.42 Å². The standard InChI is InChI=1S/C46H33N/c1-4-16-39-32(11-1)14-9-21-41(39)34-23-27-37(28-24-34)47(46-31-36-13-3-6-18-43(36)44-19-7-8-20-45(44)46)38-29-25-35(26-30-38)42-22-10-15-33-12-2-5-17-40(33)42/h1-14,16-31,33H,15H2/t33-/m1/s1. The number of allylic oxidation sites excluding steroid dienone is 8. The summed E-state index contributed by atoms with van der Waals surface area (Å²) in [7, 11) is 0. The van der Waals surface area contributed by atoms with Crippen LogP contribution in [-0.4, -0.2) is 0 Å². The van der Waals surface area contributed by atoms with Crippen molar-refractivity contribution >= 4 is 55.0 Å². The molecule has 7 aromatic carbocycles. The van der Waals surface area contributed by atoms with Crippen LogP contribution in [0.5, 0.6) is 0 Å². The van der Waals surface area contributed by atoms with E-state index in [1.54, 1.807) is 0 Å². The maximum atomic E-state index is 2.42. The second-order valence-electron chi connectivity index (χ2n) is 12.5. The van der Waals surface area contributed by atoms with Crippen LogP contribution in [0.1, 0.15) is 12.0 Å². The van der Waals surface area contributed by atoms with Crippen LogP contribution in [0.4, 0.5) is 17.1 Å². The quantitative estimate of drug-likeness (QED) is 0.178. The molecular formula is C46H33N. The number of hydrogen-bond acceptors (Lipinski definition) is 1. The summed E-state index contributed by atoms with van der Waals surface area (Å²) in [6.45, 7) is 0. The van der Waals surface area contributed by atoms with E-state index in [0.717, 1.165) is 17.8 Å². The van der Waals surface area contributed by atoms with Gasteiger partial charge in [0, 0.05) is 22.7 Å². The van der Waals surface area contributed by atoms with E-state index in [1.807, 2.05) is 0 Å². The zero-order valence-electron chi connectivity index (χ0n) is 26.1. The van der Waals surface area contributed by atoms with Gasteiger partial charge in [0.2, 0.25) is 0 Å². The predicted octanol–water partition coefficient (Wildman–Crippen LogP) is 12.7. The second-order valence-corrected chi connectivity index (χ2v) is 12.5. The molecule has 9 rings (SSSR count). The lowest BCUT2D eigenvalue weighted by atomic mass is 9.82. The normalized spacial score (nSPS) is 15.4. The van der Waals surface area contributed by atoms with Crippen molar-refractivity contribution in [3.05, 3.63) is 193 Å². The van der Waals surface area contributed by atoms with Crippen molar-refractivity contribution in [3.63, 3.8) is 0 Å². The van der Waals surface area contributed by atoms with E-state index < -0.39 is 0 Å². The smallest absolute Gasteiger partial charge is 0.0546 e. The van der Waals surface area contributed by atoms with Gasteiger partial charge in [0.25, 0.3) is 0 Å². The molecule has 1 heteroatoms. The highest BCUT2D eigenvalue weighted by atomic mass is 15.1. The lowest BCUT2D eigenvalue weighted by molar-refractivity contribution is 0.784. The average molecular weight is 600 g/mol. The highest BCUT2D eigenvalue weighted by Crippen LogP contribution is 2.43. The summed E-state index contributed by atoms with van der Waals surface area (Å²) >= 11 is 0. The van der Waals surface area contributed by atoms with Gasteiger partial charge in [-0.1, -0.05) is 152 Å². The minimum atomic E-state index is 0.459. The lowest BCUT2D eigenvalue weighted by Crippen LogP contribution is -2.11. The van der Waals surface area contributed by atoms with E-state index in [0.29, 0.717) is 5.92 Å². The van der Waals surface area contributed by atoms with Gasteiger partial charge < -0.3 is 4.90 Å². The minimum absolute atomic E-state index is 0.459. The highest BCUT2D eigenvalue weighted by Gasteiger charge is 2.20. The summed E-state index contributed by atoms with van der Waals surface area (Å²) in [4.78, 5) is 2.42. The van der Waals surface area contributed by atoms with Crippen LogP contribution in [-0.2, 0) is 0 Å². The van der Waals surface area contributed by atoms with E-state index in [2.05, 4.69) is 187 Å². The third-order valence-electron chi connectivity index (χ3n) is 9.77. The number of rotatable bonds is 5. The van der Waals surface area contributed by atoms with Crippen LogP contribution in [0.25, 0.3) is 49.0 Å². The molecule has 222 valence electrons. The summed E-state index contributed by atoms with van der Waals surface area (Å²) in [5.74, 6) is 0.459. The van der Waals surface area contributed by atoms with Crippen molar-refractivity contribution in [2.24, 2.45) is 5.92 Å². The topological polar surface area (TPSA) is 3.24 Å². The number of hydrogen-bond donors (Lipinski definition) is 0. The van der Waals surface area contributed by atoms with Crippen molar-refractivity contribution in [2.75, 3.05) is 4.90 Å². The van der Waals surface area contributed by atoms with Crippen molar-refractivity contribution in [3.8, 4) is 11.1 Å². The van der Waals surface area contributed by atoms with Crippen LogP contribution in [0, 0.1) is 5.92 Å². The first-order chi connectivity index (χ1) is 23.3. The first-order valence-electron chi connectivity index (χ1n) is 16.5. The fourth-order valence-electron chi connectivity index (χ4n) is 7.48. The predicted molar refractivity (Wildman–Crippen MR) is 202 cm³/mol. The van der Waals surface area contributed by atoms with Crippen LogP contribution in [0.2, 0.25) is 0 Å². The molecule has 0 spiro atoms. The summed E-state index contributed by atoms with van der Waals surface area (Å²) in [6.07, 6.45) is 14.6. The second kappa shape index (κ2) is 11.5. The molecular weight excluding hydrogens is 567 g/mol. The molecule has 0 amide bonds. The highest BCUT2D eigenvalue weighted by molar-refractivity contribution is 6.14. The van der Waals surface area contributed by atoms with Gasteiger partial charge in [-0.25, -0.2) is 0 Å². The van der Waals surface area contributed by atoms with Gasteiger partial charge in [-0.3, -0.25) is 0 Å². The Balaban J connectivity index is 1.21. The Hall–Kier alpha value is -5.92. The van der Waals surface area contributed by atoms with Gasteiger partial charge in [-0.2, -0.15) is 0 Å². The molecule has 0 heterocycles. The van der Waals surface area contributed by atoms with E-state index >= 15 is 0 Å². The van der Waals surface area contributed by atoms with Gasteiger partial charge in [0.1, 0.15) is 0 Å². The van der Waals surface area contributed by atoms with Crippen LogP contribution < -0.4 is 4.90 Å². The summed E-state index contributed by atoms with van der Waals surface area (Å²) in [5, 5.41) is 7.53. The molecule has 0 aliphatic heterocycles. The summed E-state index contributed by atoms with van der Waals surface area (Å²) in [5.41, 5.74) is 9.87. The molecule has 1 atom stereocenters. The zero-order valence-corrected chi connectivity index (χ0v) is 26.1. The molecule has 2 aliphatic carbocycles. The van der Waals surface area contributed by atoms with E-state index in [-0.39, 0.29) is 0 Å². The molecule has 0 fully saturated rings. The zero-order chi connectivity index (χ0) is 31.2. The Labute approximate surface area is 275 Å². The van der Waals surface area contributed by atoms with Crippen molar-refractivity contribution in [1.82, 2.24) is 0 Å². The summed E-state index contributed by atoms with van der Waals surface area (Å²) in [6, 6.07) is 53.3. The first kappa shape index (κ1) is 27.4. The molecule has 2 aliphatic rings. The van der Waals surface area contributed by atoms with Crippen LogP contribution >= 0.6 is 0 Å². The first-order valence-corrected chi connectivity index (χ1v) is 16.5. The Kier molecular flexibility index (Phi) is 6.68. The Bertz CT molecular complexity index is 2410. The number of fused-ring (bicyclic) bond motifs is 5. The maximum Gasteiger partial charge on any atom is 0.0546 e. The van der Waals surface area contributed by atoms with Gasteiger partial charge >= 0.3 is 0 Å². The molecule has 0 radical (unpaired) electrons. The Morgan fingerprint density at radius 1 is 0.489 bits per heavy atom. The number of anilines is 3. The van der Waals surface area contributed by atoms with Gasteiger partial charge in [-0.05, 0) is 91.5 Å². The number of nitrogens with zero attached hydrogens (tertiary/aromatic N) is 1. The third kappa shape index (κ3) is 4.80. The van der Waals surface area contributed by atoms with E-state index in [4.69, 9.17) is 0 Å². The minimum Gasteiger partial charge on any atom is -0.310 e. The largest absolute Gasteiger partial charge is 0.310 e. The Morgan fingerprint density at radius 2 is 1.13 bits per heavy atom. The molecule has 7 aromatic rings. The van der Waals surface area contributed by atoms with Crippen LogP contribution in [0.3, 0.4) is 0 Å². The molecule has 0 bridgehead atoms. The van der Waals surface area contributed by atoms with E-state index in [1.165, 1.54) is 65.8 Å². The molecule has 0 N–H and O–H groups in total. The monoisotopic (exact) mass is 599 g/mol. The Morgan fingerprint density at radius 3 is 1.91 bits per heavy atom. The van der Waals surface area contributed by atoms with E-state index in [9.17, 15) is 0 Å². The molecule has 0 unspecified atom stereocenters. The van der Waals surface area contributed by atoms with Gasteiger partial charge in [-0.15, -0.1) is 0 Å². The molecule has 47 heavy (non-hydrogen) atoms. The van der Waals surface area contributed by atoms with Gasteiger partial charge in [0.05, 0.1) is 5.69 Å². The van der Waals surface area contributed by atoms with Gasteiger partial charge in [0.15, 0.2) is 0 Å². The maximum absolute atomic E-state index is 2.42. The third-order valence-corrected chi connectivity index (χ3v) is 9.77. The molecule has 1 nitrogen and oxygen atoms in total. The SMILES string of the molecule is C1=CC2=C(c3ccc(N(c4ccc(-c5cccc6ccccc56)cc4)c4cc5ccccc5c5ccccc45)cc3)C=CC[C@H]2C=C1. The fraction of sp³-hybridized carbons (Fsp3) is 0.0435. The number of benzene rings is 7. The molecule has 0 saturated heterocycles. The fourth-order valence-corrected chi connectivity index (χ4v) is 7.48. The molecule has 0 saturated carbocycles. The molecule has 0 aromatic heterocycles. The van der Waals surface area contributed by atoms with Crippen LogP contribution in [0.15, 0.2) is 188 Å². The summed E-state index contributed by atoms with van der Waals surface area (Å²) < 4.78 is 0. The lowest BCUT2D eigenvalue weighted by Gasteiger charge is -2.28. The van der Waals surface area contributed by atoms with Crippen molar-refractivity contribution in [1.29, 1.82) is 0 Å². The van der Waals surface area contributed by atoms with Crippen molar-refractivity contribution < 1.29 is 0 Å². The average Bonchev–Trinajstić information content (AvgIpc) is 3.15.